The summed E-state index contributed by atoms with van der Waals surface area (Å²) >= 11 is 0. The summed E-state index contributed by atoms with van der Waals surface area (Å²) in [5.74, 6) is -0.205. The van der Waals surface area contributed by atoms with Crippen molar-refractivity contribution >= 4 is 0 Å². The molecular weight excluding hydrogens is 245 g/mol. The molecule has 2 rings (SSSR count). The third-order valence-corrected chi connectivity index (χ3v) is 2.84. The average molecular weight is 261 g/mol. The maximum atomic E-state index is 13.4. The molecule has 19 heavy (non-hydrogen) atoms. The van der Waals surface area contributed by atoms with Crippen LogP contribution in [0, 0.1) is 5.82 Å². The van der Waals surface area contributed by atoms with Gasteiger partial charge in [0, 0.05) is 18.7 Å². The number of aromatic hydroxyl groups is 1. The number of halogens is 1. The molecule has 100 valence electrons. The maximum absolute atomic E-state index is 13.4. The van der Waals surface area contributed by atoms with E-state index < -0.39 is 11.9 Å². The summed E-state index contributed by atoms with van der Waals surface area (Å²) in [5, 5.41) is 22.2. The predicted octanol–water partition coefficient (Wildman–Crippen LogP) is 2.35. The van der Waals surface area contributed by atoms with Crippen LogP contribution in [0.25, 0.3) is 0 Å². The fourth-order valence-electron chi connectivity index (χ4n) is 1.87. The van der Waals surface area contributed by atoms with Gasteiger partial charge in [-0.15, -0.1) is 0 Å². The second kappa shape index (κ2) is 6.31. The first-order chi connectivity index (χ1) is 9.16. The Labute approximate surface area is 111 Å². The van der Waals surface area contributed by atoms with E-state index in [2.05, 4.69) is 5.32 Å². The Hall–Kier alpha value is -1.91. The number of benzene rings is 2. The van der Waals surface area contributed by atoms with Gasteiger partial charge in [0.1, 0.15) is 11.6 Å². The molecular formula is C15H16FNO2. The van der Waals surface area contributed by atoms with Crippen LogP contribution in [0.15, 0.2) is 48.5 Å². The minimum Gasteiger partial charge on any atom is -0.508 e. The van der Waals surface area contributed by atoms with Crippen molar-refractivity contribution in [2.45, 2.75) is 12.6 Å². The van der Waals surface area contributed by atoms with E-state index in [9.17, 15) is 14.6 Å². The smallest absolute Gasteiger partial charge is 0.129 e. The molecule has 0 bridgehead atoms. The average Bonchev–Trinajstić information content (AvgIpc) is 2.39. The summed E-state index contributed by atoms with van der Waals surface area (Å²) in [6.45, 7) is 0.747. The second-order valence-corrected chi connectivity index (χ2v) is 4.34. The van der Waals surface area contributed by atoms with Gasteiger partial charge in [-0.05, 0) is 23.8 Å². The van der Waals surface area contributed by atoms with Crippen LogP contribution >= 0.6 is 0 Å². The zero-order valence-corrected chi connectivity index (χ0v) is 10.4. The number of phenols is 1. The summed E-state index contributed by atoms with van der Waals surface area (Å²) in [5.41, 5.74) is 1.19. The van der Waals surface area contributed by atoms with Crippen LogP contribution in [0.1, 0.15) is 17.2 Å². The van der Waals surface area contributed by atoms with E-state index in [0.717, 1.165) is 5.56 Å². The van der Waals surface area contributed by atoms with Crippen molar-refractivity contribution in [3.05, 3.63) is 65.5 Å². The van der Waals surface area contributed by atoms with E-state index in [-0.39, 0.29) is 17.9 Å². The molecule has 2 aromatic carbocycles. The van der Waals surface area contributed by atoms with Gasteiger partial charge in [-0.1, -0.05) is 30.3 Å². The van der Waals surface area contributed by atoms with Crippen molar-refractivity contribution in [2.24, 2.45) is 0 Å². The van der Waals surface area contributed by atoms with E-state index in [1.807, 2.05) is 6.07 Å². The fraction of sp³-hybridized carbons (Fsp3) is 0.200. The molecule has 0 unspecified atom stereocenters. The first-order valence-corrected chi connectivity index (χ1v) is 6.08. The first kappa shape index (κ1) is 13.5. The topological polar surface area (TPSA) is 52.5 Å². The van der Waals surface area contributed by atoms with E-state index in [1.54, 1.807) is 36.4 Å². The van der Waals surface area contributed by atoms with Gasteiger partial charge in [0.05, 0.1) is 6.10 Å². The minimum atomic E-state index is -0.890. The molecule has 0 saturated heterocycles. The molecule has 1 atom stereocenters. The molecule has 0 aliphatic rings. The van der Waals surface area contributed by atoms with Crippen LogP contribution in [0.3, 0.4) is 0 Å². The molecule has 0 aliphatic heterocycles. The quantitative estimate of drug-likeness (QED) is 0.774. The third kappa shape index (κ3) is 3.77. The highest BCUT2D eigenvalue weighted by Gasteiger charge is 2.11. The molecule has 0 heterocycles. The Bertz CT molecular complexity index is 545. The summed E-state index contributed by atoms with van der Waals surface area (Å²) < 4.78 is 13.4. The molecule has 4 heteroatoms. The van der Waals surface area contributed by atoms with Gasteiger partial charge < -0.3 is 15.5 Å². The monoisotopic (exact) mass is 261 g/mol. The number of aliphatic hydroxyl groups excluding tert-OH is 1. The summed E-state index contributed by atoms with van der Waals surface area (Å²) in [6.07, 6.45) is -0.890. The highest BCUT2D eigenvalue weighted by atomic mass is 19.1. The Morgan fingerprint density at radius 2 is 1.89 bits per heavy atom. The van der Waals surface area contributed by atoms with Gasteiger partial charge in [0.15, 0.2) is 0 Å². The van der Waals surface area contributed by atoms with Gasteiger partial charge in [-0.2, -0.15) is 0 Å². The Morgan fingerprint density at radius 3 is 2.63 bits per heavy atom. The number of rotatable bonds is 5. The van der Waals surface area contributed by atoms with Gasteiger partial charge >= 0.3 is 0 Å². The lowest BCUT2D eigenvalue weighted by molar-refractivity contribution is 0.169. The standard InChI is InChI=1S/C15H16FNO2/c16-14-7-2-1-6-13(14)15(19)10-17-9-11-4-3-5-12(18)8-11/h1-8,15,17-19H,9-10H2/t15-/m0/s1. The fourth-order valence-corrected chi connectivity index (χ4v) is 1.87. The zero-order valence-electron chi connectivity index (χ0n) is 10.4. The van der Waals surface area contributed by atoms with Crippen molar-refractivity contribution in [3.63, 3.8) is 0 Å². The number of aliphatic hydroxyl groups is 1. The minimum absolute atomic E-state index is 0.203. The normalized spacial score (nSPS) is 12.3. The molecule has 0 aliphatic carbocycles. The van der Waals surface area contributed by atoms with Crippen molar-refractivity contribution in [1.29, 1.82) is 0 Å². The summed E-state index contributed by atoms with van der Waals surface area (Å²) in [6, 6.07) is 13.0. The number of phenolic OH excluding ortho intramolecular Hbond substituents is 1. The zero-order chi connectivity index (χ0) is 13.7. The predicted molar refractivity (Wildman–Crippen MR) is 71.2 cm³/mol. The summed E-state index contributed by atoms with van der Waals surface area (Å²) in [7, 11) is 0. The number of nitrogens with one attached hydrogen (secondary N) is 1. The van der Waals surface area contributed by atoms with E-state index in [0.29, 0.717) is 6.54 Å². The molecule has 0 saturated carbocycles. The lowest BCUT2D eigenvalue weighted by atomic mass is 10.1. The molecule has 3 nitrogen and oxygen atoms in total. The van der Waals surface area contributed by atoms with Crippen LogP contribution in [0.5, 0.6) is 5.75 Å². The largest absolute Gasteiger partial charge is 0.508 e. The molecule has 3 N–H and O–H groups in total. The first-order valence-electron chi connectivity index (χ1n) is 6.08. The molecule has 0 aromatic heterocycles. The van der Waals surface area contributed by atoms with Gasteiger partial charge in [0.2, 0.25) is 0 Å². The van der Waals surface area contributed by atoms with Crippen molar-refractivity contribution < 1.29 is 14.6 Å². The van der Waals surface area contributed by atoms with E-state index >= 15 is 0 Å². The highest BCUT2D eigenvalue weighted by molar-refractivity contribution is 5.27. The van der Waals surface area contributed by atoms with Crippen molar-refractivity contribution in [1.82, 2.24) is 5.32 Å². The maximum Gasteiger partial charge on any atom is 0.129 e. The SMILES string of the molecule is Oc1cccc(CNC[C@H](O)c2ccccc2F)c1. The molecule has 0 amide bonds. The van der Waals surface area contributed by atoms with Crippen LogP contribution in [0.4, 0.5) is 4.39 Å². The second-order valence-electron chi connectivity index (χ2n) is 4.34. The Kier molecular flexibility index (Phi) is 4.49. The van der Waals surface area contributed by atoms with E-state index in [1.165, 1.54) is 6.07 Å². The molecule has 0 radical (unpaired) electrons. The number of hydrogen-bond donors (Lipinski definition) is 3. The van der Waals surface area contributed by atoms with Crippen LogP contribution < -0.4 is 5.32 Å². The molecule has 0 fully saturated rings. The van der Waals surface area contributed by atoms with Crippen molar-refractivity contribution in [3.8, 4) is 5.75 Å². The van der Waals surface area contributed by atoms with Gasteiger partial charge in [-0.25, -0.2) is 4.39 Å². The lowest BCUT2D eigenvalue weighted by Crippen LogP contribution is -2.21. The molecule has 2 aromatic rings. The van der Waals surface area contributed by atoms with Gasteiger partial charge in [-0.3, -0.25) is 0 Å². The number of hydrogen-bond acceptors (Lipinski definition) is 3. The van der Waals surface area contributed by atoms with Crippen LogP contribution in [-0.2, 0) is 6.54 Å². The third-order valence-electron chi connectivity index (χ3n) is 2.84. The lowest BCUT2D eigenvalue weighted by Gasteiger charge is -2.13. The van der Waals surface area contributed by atoms with Crippen LogP contribution in [0.2, 0.25) is 0 Å². The Balaban J connectivity index is 1.88. The molecule has 0 spiro atoms. The van der Waals surface area contributed by atoms with E-state index in [4.69, 9.17) is 0 Å². The summed E-state index contributed by atoms with van der Waals surface area (Å²) in [4.78, 5) is 0. The highest BCUT2D eigenvalue weighted by Crippen LogP contribution is 2.16. The Morgan fingerprint density at radius 1 is 1.11 bits per heavy atom. The van der Waals surface area contributed by atoms with Crippen LogP contribution in [-0.4, -0.2) is 16.8 Å². The van der Waals surface area contributed by atoms with Gasteiger partial charge in [0.25, 0.3) is 0 Å². The van der Waals surface area contributed by atoms with Crippen molar-refractivity contribution in [2.75, 3.05) is 6.54 Å².